The van der Waals surface area contributed by atoms with Crippen LogP contribution in [0.15, 0.2) is 49.3 Å². The summed E-state index contributed by atoms with van der Waals surface area (Å²) in [7, 11) is 0. The van der Waals surface area contributed by atoms with Gasteiger partial charge in [0.2, 0.25) is 0 Å². The molecule has 0 bridgehead atoms. The van der Waals surface area contributed by atoms with Crippen molar-refractivity contribution in [1.82, 2.24) is 0 Å². The quantitative estimate of drug-likeness (QED) is 0.433. The van der Waals surface area contributed by atoms with Crippen LogP contribution < -0.4 is 0 Å². The molecule has 0 N–H and O–H groups in total. The molecule has 1 aromatic rings. The van der Waals surface area contributed by atoms with Gasteiger partial charge in [-0.15, -0.1) is 0 Å². The molecule has 0 spiro atoms. The Morgan fingerprint density at radius 3 is 2.79 bits per heavy atom. The second kappa shape index (κ2) is 5.25. The van der Waals surface area contributed by atoms with E-state index in [-0.39, 0.29) is 0 Å². The molecule has 0 fully saturated rings. The van der Waals surface area contributed by atoms with Gasteiger partial charge < -0.3 is 4.74 Å². The Balaban J connectivity index is 2.75. The van der Waals surface area contributed by atoms with E-state index in [1.165, 1.54) is 18.4 Å². The minimum absolute atomic E-state index is 0.350. The zero-order valence-corrected chi connectivity index (χ0v) is 8.20. The van der Waals surface area contributed by atoms with Gasteiger partial charge in [-0.1, -0.05) is 36.4 Å². The second-order valence-electron chi connectivity index (χ2n) is 2.45. The topological polar surface area (TPSA) is 26.3 Å². The summed E-state index contributed by atoms with van der Waals surface area (Å²) in [6.45, 7) is 3.44. The predicted octanol–water partition coefficient (Wildman–Crippen LogP) is 3.20. The molecule has 0 aliphatic rings. The van der Waals surface area contributed by atoms with Crippen molar-refractivity contribution in [2.45, 2.75) is 0 Å². The first-order valence-corrected chi connectivity index (χ1v) is 4.36. The molecule has 1 aromatic carbocycles. The number of hydrogen-bond donors (Lipinski definition) is 0. The molecular formula is C11H9ClO2. The maximum atomic E-state index is 11.3. The number of halogens is 1. The Hall–Kier alpha value is -1.54. The molecule has 0 saturated heterocycles. The van der Waals surface area contributed by atoms with Gasteiger partial charge >= 0.3 is 5.97 Å². The zero-order valence-electron chi connectivity index (χ0n) is 7.44. The zero-order chi connectivity index (χ0) is 10.4. The maximum absolute atomic E-state index is 11.3. The third kappa shape index (κ3) is 2.75. The van der Waals surface area contributed by atoms with Gasteiger partial charge in [-0.2, -0.15) is 0 Å². The van der Waals surface area contributed by atoms with Gasteiger partial charge in [0, 0.05) is 0 Å². The molecule has 2 nitrogen and oxygen atoms in total. The van der Waals surface area contributed by atoms with E-state index < -0.39 is 5.97 Å². The van der Waals surface area contributed by atoms with Gasteiger partial charge in [0.1, 0.15) is 0 Å². The van der Waals surface area contributed by atoms with Crippen LogP contribution in [0.5, 0.6) is 0 Å². The highest BCUT2D eigenvalue weighted by molar-refractivity contribution is 6.33. The summed E-state index contributed by atoms with van der Waals surface area (Å²) in [4.78, 5) is 11.3. The Labute approximate surface area is 87.5 Å². The maximum Gasteiger partial charge on any atom is 0.344 e. The van der Waals surface area contributed by atoms with Crippen molar-refractivity contribution in [3.05, 3.63) is 59.8 Å². The van der Waals surface area contributed by atoms with Crippen molar-refractivity contribution in [2.75, 3.05) is 0 Å². The van der Waals surface area contributed by atoms with E-state index in [4.69, 9.17) is 16.3 Å². The van der Waals surface area contributed by atoms with Crippen molar-refractivity contribution in [3.63, 3.8) is 0 Å². The number of allylic oxidation sites excluding steroid dienone is 2. The summed E-state index contributed by atoms with van der Waals surface area (Å²) in [5.74, 6) is -0.478. The van der Waals surface area contributed by atoms with Gasteiger partial charge in [-0.3, -0.25) is 0 Å². The van der Waals surface area contributed by atoms with Crippen LogP contribution in [0.3, 0.4) is 0 Å². The number of benzene rings is 1. The Morgan fingerprint density at radius 2 is 2.14 bits per heavy atom. The summed E-state index contributed by atoms with van der Waals surface area (Å²) in [6, 6.07) is 6.71. The Kier molecular flexibility index (Phi) is 3.95. The number of carbonyl (C=O) groups excluding carboxylic acids is 1. The smallest absolute Gasteiger partial charge is 0.344 e. The third-order valence-electron chi connectivity index (χ3n) is 1.48. The second-order valence-corrected chi connectivity index (χ2v) is 2.86. The van der Waals surface area contributed by atoms with E-state index in [1.54, 1.807) is 24.3 Å². The monoisotopic (exact) mass is 208 g/mol. The first kappa shape index (κ1) is 10.5. The van der Waals surface area contributed by atoms with Crippen LogP contribution in [0.4, 0.5) is 0 Å². The number of carbonyl (C=O) groups is 1. The Morgan fingerprint density at radius 1 is 1.43 bits per heavy atom. The number of ether oxygens (including phenoxy) is 1. The van der Waals surface area contributed by atoms with E-state index >= 15 is 0 Å². The lowest BCUT2D eigenvalue weighted by Crippen LogP contribution is -2.00. The molecule has 0 unspecified atom stereocenters. The van der Waals surface area contributed by atoms with E-state index in [9.17, 15) is 4.79 Å². The Bertz CT molecular complexity index is 369. The molecule has 0 radical (unpaired) electrons. The molecule has 72 valence electrons. The molecule has 0 amide bonds. The van der Waals surface area contributed by atoms with Crippen LogP contribution in [0, 0.1) is 0 Å². The van der Waals surface area contributed by atoms with Crippen molar-refractivity contribution >= 4 is 17.6 Å². The van der Waals surface area contributed by atoms with Crippen LogP contribution in [-0.2, 0) is 4.74 Å². The lowest BCUT2D eigenvalue weighted by Gasteiger charge is -2.00. The molecule has 0 atom stereocenters. The van der Waals surface area contributed by atoms with Crippen LogP contribution in [0.25, 0.3) is 0 Å². The number of rotatable bonds is 3. The SMILES string of the molecule is C=C/C=C/OC(=O)c1ccccc1Cl. The van der Waals surface area contributed by atoms with Crippen LogP contribution in [0.1, 0.15) is 10.4 Å². The standard InChI is InChI=1S/C11H9ClO2/c1-2-3-8-14-11(13)9-6-4-5-7-10(9)12/h2-8H,1H2/b8-3+. The fraction of sp³-hybridized carbons (Fsp3) is 0. The van der Waals surface area contributed by atoms with E-state index in [0.717, 1.165) is 0 Å². The van der Waals surface area contributed by atoms with Gasteiger partial charge in [0.15, 0.2) is 0 Å². The molecule has 0 saturated carbocycles. The van der Waals surface area contributed by atoms with Crippen molar-refractivity contribution in [3.8, 4) is 0 Å². The van der Waals surface area contributed by atoms with Gasteiger partial charge in [-0.25, -0.2) is 4.79 Å². The van der Waals surface area contributed by atoms with Crippen LogP contribution >= 0.6 is 11.6 Å². The fourth-order valence-corrected chi connectivity index (χ4v) is 1.06. The summed E-state index contributed by atoms with van der Waals surface area (Å²) in [5.41, 5.74) is 0.350. The summed E-state index contributed by atoms with van der Waals surface area (Å²) in [5, 5.41) is 0.379. The van der Waals surface area contributed by atoms with Gasteiger partial charge in [0.25, 0.3) is 0 Å². The molecule has 0 aliphatic carbocycles. The largest absolute Gasteiger partial charge is 0.431 e. The molecule has 0 aromatic heterocycles. The highest BCUT2D eigenvalue weighted by atomic mass is 35.5. The average Bonchev–Trinajstić information content (AvgIpc) is 2.18. The lowest BCUT2D eigenvalue weighted by molar-refractivity contribution is 0.0663. The molecular weight excluding hydrogens is 200 g/mol. The molecule has 0 aliphatic heterocycles. The highest BCUT2D eigenvalue weighted by Gasteiger charge is 2.08. The van der Waals surface area contributed by atoms with Gasteiger partial charge in [-0.05, 0) is 18.2 Å². The predicted molar refractivity (Wildman–Crippen MR) is 56.2 cm³/mol. The summed E-state index contributed by atoms with van der Waals surface area (Å²) >= 11 is 5.79. The van der Waals surface area contributed by atoms with Gasteiger partial charge in [0.05, 0.1) is 16.8 Å². The molecule has 3 heteroatoms. The molecule has 0 heterocycles. The summed E-state index contributed by atoms with van der Waals surface area (Å²) in [6.07, 6.45) is 4.30. The number of hydrogen-bond acceptors (Lipinski definition) is 2. The number of esters is 1. The minimum atomic E-state index is -0.478. The first-order valence-electron chi connectivity index (χ1n) is 3.99. The van der Waals surface area contributed by atoms with E-state index in [0.29, 0.717) is 10.6 Å². The van der Waals surface area contributed by atoms with E-state index in [1.807, 2.05) is 0 Å². The fourth-order valence-electron chi connectivity index (χ4n) is 0.847. The van der Waals surface area contributed by atoms with Crippen LogP contribution in [0.2, 0.25) is 5.02 Å². The minimum Gasteiger partial charge on any atom is -0.431 e. The van der Waals surface area contributed by atoms with Crippen LogP contribution in [-0.4, -0.2) is 5.97 Å². The third-order valence-corrected chi connectivity index (χ3v) is 1.81. The van der Waals surface area contributed by atoms with Crippen molar-refractivity contribution < 1.29 is 9.53 Å². The van der Waals surface area contributed by atoms with Crippen molar-refractivity contribution in [2.24, 2.45) is 0 Å². The molecule has 1 rings (SSSR count). The molecule has 14 heavy (non-hydrogen) atoms. The first-order chi connectivity index (χ1) is 6.75. The van der Waals surface area contributed by atoms with E-state index in [2.05, 4.69) is 6.58 Å². The summed E-state index contributed by atoms with van der Waals surface area (Å²) < 4.78 is 4.77. The normalized spacial score (nSPS) is 10.1. The lowest BCUT2D eigenvalue weighted by atomic mass is 10.2. The highest BCUT2D eigenvalue weighted by Crippen LogP contribution is 2.15. The average molecular weight is 209 g/mol. The van der Waals surface area contributed by atoms with Crippen molar-refractivity contribution in [1.29, 1.82) is 0 Å².